The number of nitrogens with one attached hydrogen (secondary N) is 1. The van der Waals surface area contributed by atoms with Crippen LogP contribution < -0.4 is 10.9 Å². The molecule has 0 aliphatic heterocycles. The molecule has 1 aromatic carbocycles. The predicted octanol–water partition coefficient (Wildman–Crippen LogP) is 3.09. The molecule has 0 saturated carbocycles. The second-order valence-corrected chi connectivity index (χ2v) is 9.19. The molecule has 0 fully saturated rings. The summed E-state index contributed by atoms with van der Waals surface area (Å²) in [5.41, 5.74) is 1.45. The lowest BCUT2D eigenvalue weighted by molar-refractivity contribution is 0.594. The van der Waals surface area contributed by atoms with Gasteiger partial charge in [0.05, 0.1) is 10.6 Å². The molecule has 0 amide bonds. The minimum absolute atomic E-state index is 0.0322. The van der Waals surface area contributed by atoms with Gasteiger partial charge in [-0.1, -0.05) is 6.92 Å². The van der Waals surface area contributed by atoms with Gasteiger partial charge in [-0.15, -0.1) is 0 Å². The standard InChI is InChI=1S/C20H21N5O3S/c1-5-29(27,28)16-6-7-17(13(4)8-16)23-20-22-11-15-9-14(10-21)19(26)25(12(2)3)18(15)24-20/h6-9,11-12H,5H2,1-4H3,(H,22,23,24). The maximum Gasteiger partial charge on any atom is 0.270 e. The second-order valence-electron chi connectivity index (χ2n) is 6.92. The number of anilines is 2. The van der Waals surface area contributed by atoms with Gasteiger partial charge in [-0.05, 0) is 50.6 Å². The zero-order valence-corrected chi connectivity index (χ0v) is 17.4. The second kappa shape index (κ2) is 7.64. The molecule has 0 spiro atoms. The molecule has 0 radical (unpaired) electrons. The van der Waals surface area contributed by atoms with E-state index in [2.05, 4.69) is 15.3 Å². The summed E-state index contributed by atoms with van der Waals surface area (Å²) in [6.07, 6.45) is 1.55. The van der Waals surface area contributed by atoms with Crippen molar-refractivity contribution in [1.29, 1.82) is 5.26 Å². The van der Waals surface area contributed by atoms with Crippen LogP contribution in [0.2, 0.25) is 0 Å². The molecule has 0 unspecified atom stereocenters. The van der Waals surface area contributed by atoms with Gasteiger partial charge in [-0.3, -0.25) is 9.36 Å². The molecular formula is C20H21N5O3S. The number of benzene rings is 1. The molecule has 9 heteroatoms. The van der Waals surface area contributed by atoms with Crippen LogP contribution in [-0.4, -0.2) is 28.7 Å². The topological polar surface area (TPSA) is 118 Å². The highest BCUT2D eigenvalue weighted by Gasteiger charge is 2.16. The van der Waals surface area contributed by atoms with Gasteiger partial charge in [0.2, 0.25) is 5.95 Å². The summed E-state index contributed by atoms with van der Waals surface area (Å²) in [4.78, 5) is 21.5. The van der Waals surface area contributed by atoms with E-state index >= 15 is 0 Å². The van der Waals surface area contributed by atoms with Gasteiger partial charge in [0.1, 0.15) is 17.3 Å². The third-order valence-corrected chi connectivity index (χ3v) is 6.33. The Morgan fingerprint density at radius 1 is 1.28 bits per heavy atom. The van der Waals surface area contributed by atoms with Crippen LogP contribution in [0.5, 0.6) is 0 Å². The van der Waals surface area contributed by atoms with Gasteiger partial charge in [0, 0.05) is 23.3 Å². The molecule has 0 atom stereocenters. The molecule has 3 rings (SSSR count). The van der Waals surface area contributed by atoms with E-state index in [1.165, 1.54) is 10.6 Å². The SMILES string of the molecule is CCS(=O)(=O)c1ccc(Nc2ncc3cc(C#N)c(=O)n(C(C)C)c3n2)c(C)c1. The lowest BCUT2D eigenvalue weighted by Crippen LogP contribution is -2.25. The van der Waals surface area contributed by atoms with E-state index in [4.69, 9.17) is 0 Å². The zero-order valence-electron chi connectivity index (χ0n) is 16.6. The Bertz CT molecular complexity index is 1300. The van der Waals surface area contributed by atoms with E-state index in [9.17, 15) is 18.5 Å². The molecule has 0 bridgehead atoms. The summed E-state index contributed by atoms with van der Waals surface area (Å²) in [6.45, 7) is 7.08. The Morgan fingerprint density at radius 2 is 2.00 bits per heavy atom. The summed E-state index contributed by atoms with van der Waals surface area (Å²) < 4.78 is 25.6. The molecule has 29 heavy (non-hydrogen) atoms. The number of pyridine rings is 1. The Kier molecular flexibility index (Phi) is 5.40. The van der Waals surface area contributed by atoms with Crippen molar-refractivity contribution >= 4 is 32.5 Å². The van der Waals surface area contributed by atoms with Crippen molar-refractivity contribution in [3.63, 3.8) is 0 Å². The van der Waals surface area contributed by atoms with Gasteiger partial charge < -0.3 is 5.32 Å². The first-order valence-electron chi connectivity index (χ1n) is 9.10. The molecule has 0 aliphatic carbocycles. The number of aryl methyl sites for hydroxylation is 1. The van der Waals surface area contributed by atoms with Crippen LogP contribution in [0.25, 0.3) is 11.0 Å². The van der Waals surface area contributed by atoms with Crippen LogP contribution in [0.4, 0.5) is 11.6 Å². The third-order valence-electron chi connectivity index (χ3n) is 4.59. The number of nitrogens with zero attached hydrogens (tertiary/aromatic N) is 4. The van der Waals surface area contributed by atoms with E-state index in [0.29, 0.717) is 16.7 Å². The Morgan fingerprint density at radius 3 is 2.59 bits per heavy atom. The van der Waals surface area contributed by atoms with Crippen molar-refractivity contribution in [3.05, 3.63) is 51.9 Å². The quantitative estimate of drug-likeness (QED) is 0.685. The zero-order chi connectivity index (χ0) is 21.3. The monoisotopic (exact) mass is 411 g/mol. The summed E-state index contributed by atoms with van der Waals surface area (Å²) >= 11 is 0. The van der Waals surface area contributed by atoms with Crippen molar-refractivity contribution < 1.29 is 8.42 Å². The van der Waals surface area contributed by atoms with Crippen molar-refractivity contribution in [1.82, 2.24) is 14.5 Å². The smallest absolute Gasteiger partial charge is 0.270 e. The van der Waals surface area contributed by atoms with Crippen molar-refractivity contribution in [2.45, 2.75) is 38.6 Å². The molecular weight excluding hydrogens is 390 g/mol. The number of fused-ring (bicyclic) bond motifs is 1. The molecule has 0 aliphatic rings. The molecule has 1 N–H and O–H groups in total. The first kappa shape index (κ1) is 20.5. The number of aromatic nitrogens is 3. The summed E-state index contributed by atoms with van der Waals surface area (Å²) in [7, 11) is -3.29. The van der Waals surface area contributed by atoms with Crippen LogP contribution in [-0.2, 0) is 9.84 Å². The minimum atomic E-state index is -3.29. The van der Waals surface area contributed by atoms with Crippen molar-refractivity contribution in [2.75, 3.05) is 11.1 Å². The van der Waals surface area contributed by atoms with E-state index in [1.54, 1.807) is 38.2 Å². The van der Waals surface area contributed by atoms with Crippen molar-refractivity contribution in [2.24, 2.45) is 0 Å². The first-order chi connectivity index (χ1) is 13.7. The van der Waals surface area contributed by atoms with E-state index < -0.39 is 15.4 Å². The van der Waals surface area contributed by atoms with E-state index in [-0.39, 0.29) is 28.2 Å². The molecule has 8 nitrogen and oxygen atoms in total. The molecule has 150 valence electrons. The van der Waals surface area contributed by atoms with Gasteiger partial charge in [0.15, 0.2) is 9.84 Å². The maximum atomic E-state index is 12.5. The van der Waals surface area contributed by atoms with E-state index in [1.807, 2.05) is 19.9 Å². The van der Waals surface area contributed by atoms with Crippen LogP contribution in [0.3, 0.4) is 0 Å². The predicted molar refractivity (Wildman–Crippen MR) is 111 cm³/mol. The highest BCUT2D eigenvalue weighted by molar-refractivity contribution is 7.91. The summed E-state index contributed by atoms with van der Waals surface area (Å²) in [5, 5.41) is 12.9. The number of hydrogen-bond acceptors (Lipinski definition) is 7. The number of sulfone groups is 1. The maximum absolute atomic E-state index is 12.5. The van der Waals surface area contributed by atoms with Gasteiger partial charge >= 0.3 is 0 Å². The lowest BCUT2D eigenvalue weighted by Gasteiger charge is -2.15. The van der Waals surface area contributed by atoms with Crippen LogP contribution in [0.15, 0.2) is 40.2 Å². The number of nitriles is 1. The highest BCUT2D eigenvalue weighted by Crippen LogP contribution is 2.24. The first-order valence-corrected chi connectivity index (χ1v) is 10.8. The molecule has 2 aromatic heterocycles. The van der Waals surface area contributed by atoms with Crippen molar-refractivity contribution in [3.8, 4) is 6.07 Å². The fourth-order valence-electron chi connectivity index (χ4n) is 3.00. The average molecular weight is 411 g/mol. The Balaban J connectivity index is 2.07. The molecule has 0 saturated heterocycles. The van der Waals surface area contributed by atoms with Gasteiger partial charge in [-0.2, -0.15) is 10.2 Å². The van der Waals surface area contributed by atoms with Gasteiger partial charge in [0.25, 0.3) is 5.56 Å². The Hall–Kier alpha value is -3.25. The van der Waals surface area contributed by atoms with Crippen LogP contribution >= 0.6 is 0 Å². The highest BCUT2D eigenvalue weighted by atomic mass is 32.2. The fourth-order valence-corrected chi connectivity index (χ4v) is 3.96. The third kappa shape index (κ3) is 3.84. The van der Waals surface area contributed by atoms with Crippen LogP contribution in [0.1, 0.15) is 37.9 Å². The summed E-state index contributed by atoms with van der Waals surface area (Å²) in [6, 6.07) is 8.01. The number of rotatable bonds is 5. The molecule has 3 aromatic rings. The average Bonchev–Trinajstić information content (AvgIpc) is 2.68. The van der Waals surface area contributed by atoms with E-state index in [0.717, 1.165) is 5.56 Å². The normalized spacial score (nSPS) is 11.6. The number of hydrogen-bond donors (Lipinski definition) is 1. The van der Waals surface area contributed by atoms with Gasteiger partial charge in [-0.25, -0.2) is 13.4 Å². The lowest BCUT2D eigenvalue weighted by atomic mass is 10.2. The fraction of sp³-hybridized carbons (Fsp3) is 0.300. The summed E-state index contributed by atoms with van der Waals surface area (Å²) in [5.74, 6) is 0.301. The largest absolute Gasteiger partial charge is 0.324 e. The Labute approximate surface area is 168 Å². The minimum Gasteiger partial charge on any atom is -0.324 e. The van der Waals surface area contributed by atoms with Crippen LogP contribution in [0, 0.1) is 18.3 Å². The molecule has 2 heterocycles.